The zero-order valence-electron chi connectivity index (χ0n) is 14.1. The van der Waals surface area contributed by atoms with Crippen molar-refractivity contribution in [3.05, 3.63) is 84.9 Å². The van der Waals surface area contributed by atoms with Crippen LogP contribution in [0.15, 0.2) is 84.9 Å². The molecule has 5 rings (SSSR count). The molecule has 0 fully saturated rings. The van der Waals surface area contributed by atoms with E-state index in [-0.39, 0.29) is 0 Å². The SMILES string of the molecule is Pn1c(-c2cccc(-c3cc4ccccc4n3P)c2)cc2ccccc21. The van der Waals surface area contributed by atoms with Crippen molar-refractivity contribution in [2.75, 3.05) is 0 Å². The largest absolute Gasteiger partial charge is 0.325 e. The van der Waals surface area contributed by atoms with Crippen LogP contribution in [0.5, 0.6) is 0 Å². The molecule has 0 N–H and O–H groups in total. The Morgan fingerprint density at radius 1 is 0.500 bits per heavy atom. The molecule has 0 saturated heterocycles. The van der Waals surface area contributed by atoms with Crippen LogP contribution in [0.4, 0.5) is 0 Å². The Kier molecular flexibility index (Phi) is 3.71. The van der Waals surface area contributed by atoms with Crippen molar-refractivity contribution >= 4 is 40.6 Å². The van der Waals surface area contributed by atoms with Gasteiger partial charge in [0.15, 0.2) is 0 Å². The van der Waals surface area contributed by atoms with Gasteiger partial charge in [0, 0.05) is 10.8 Å². The summed E-state index contributed by atoms with van der Waals surface area (Å²) in [5.41, 5.74) is 7.26. The Hall–Kier alpha value is -2.40. The zero-order valence-corrected chi connectivity index (χ0v) is 16.4. The van der Waals surface area contributed by atoms with Crippen molar-refractivity contribution < 1.29 is 0 Å². The maximum Gasteiger partial charge on any atom is 0.0521 e. The average Bonchev–Trinajstić information content (AvgIpc) is 3.20. The molecule has 0 spiro atoms. The maximum atomic E-state index is 2.84. The fourth-order valence-corrected chi connectivity index (χ4v) is 4.55. The molecule has 2 aromatic heterocycles. The van der Waals surface area contributed by atoms with Crippen molar-refractivity contribution in [2.24, 2.45) is 0 Å². The molecule has 4 heteroatoms. The third-order valence-electron chi connectivity index (χ3n) is 4.95. The first kappa shape index (κ1) is 15.8. The van der Waals surface area contributed by atoms with Gasteiger partial charge in [0.05, 0.1) is 22.4 Å². The summed E-state index contributed by atoms with van der Waals surface area (Å²) in [6, 6.07) is 30.2. The van der Waals surface area contributed by atoms with Crippen LogP contribution in [0.3, 0.4) is 0 Å². The van der Waals surface area contributed by atoms with Crippen LogP contribution in [0.2, 0.25) is 0 Å². The highest BCUT2D eigenvalue weighted by molar-refractivity contribution is 7.15. The van der Waals surface area contributed by atoms with Gasteiger partial charge < -0.3 is 8.68 Å². The molecule has 26 heavy (non-hydrogen) atoms. The molecule has 126 valence electrons. The lowest BCUT2D eigenvalue weighted by Gasteiger charge is -2.08. The van der Waals surface area contributed by atoms with Crippen LogP contribution in [0.25, 0.3) is 44.3 Å². The summed E-state index contributed by atoms with van der Waals surface area (Å²) in [5.74, 6) is 0. The smallest absolute Gasteiger partial charge is 0.0521 e. The van der Waals surface area contributed by atoms with Crippen molar-refractivity contribution in [3.63, 3.8) is 0 Å². The lowest BCUT2D eigenvalue weighted by Crippen LogP contribution is -1.88. The van der Waals surface area contributed by atoms with Crippen LogP contribution in [-0.2, 0) is 0 Å². The number of hydrogen-bond acceptors (Lipinski definition) is 0. The zero-order chi connectivity index (χ0) is 17.7. The number of benzene rings is 3. The van der Waals surface area contributed by atoms with E-state index in [2.05, 4.69) is 112 Å². The number of hydrogen-bond donors (Lipinski definition) is 0. The monoisotopic (exact) mass is 372 g/mol. The van der Waals surface area contributed by atoms with E-state index >= 15 is 0 Å². The van der Waals surface area contributed by atoms with Gasteiger partial charge in [-0.3, -0.25) is 0 Å². The standard InChI is InChI=1S/C22H18N2P2/c25-23-19-10-3-1-6-17(19)13-21(23)15-8-5-9-16(12-15)22-14-18-7-2-4-11-20(18)24(22)26/h1-14H,25-26H2. The summed E-state index contributed by atoms with van der Waals surface area (Å²) in [5, 5.41) is 2.51. The third kappa shape index (κ3) is 2.42. The minimum atomic E-state index is 1.20. The highest BCUT2D eigenvalue weighted by Gasteiger charge is 2.11. The number of fused-ring (bicyclic) bond motifs is 2. The van der Waals surface area contributed by atoms with E-state index in [1.807, 2.05) is 0 Å². The van der Waals surface area contributed by atoms with Gasteiger partial charge in [-0.1, -0.05) is 54.6 Å². The molecule has 2 heterocycles. The fraction of sp³-hybridized carbons (Fsp3) is 0. The van der Waals surface area contributed by atoms with Gasteiger partial charge in [0.25, 0.3) is 0 Å². The van der Waals surface area contributed by atoms with Gasteiger partial charge >= 0.3 is 0 Å². The predicted octanol–water partition coefficient (Wildman–Crippen LogP) is 6.21. The number of para-hydroxylation sites is 2. The van der Waals surface area contributed by atoms with Crippen LogP contribution in [0.1, 0.15) is 0 Å². The second kappa shape index (κ2) is 6.09. The first-order valence-corrected chi connectivity index (χ1v) is 9.57. The van der Waals surface area contributed by atoms with Gasteiger partial charge in [-0.2, -0.15) is 0 Å². The molecule has 0 saturated carbocycles. The summed E-state index contributed by atoms with van der Waals surface area (Å²) < 4.78 is 4.37. The Morgan fingerprint density at radius 2 is 0.962 bits per heavy atom. The molecular formula is C22H18N2P2. The van der Waals surface area contributed by atoms with Crippen LogP contribution in [-0.4, -0.2) is 8.68 Å². The van der Waals surface area contributed by atoms with Gasteiger partial charge in [-0.05, 0) is 60.2 Å². The maximum absolute atomic E-state index is 2.84. The lowest BCUT2D eigenvalue weighted by molar-refractivity contribution is 1.33. The fourth-order valence-electron chi connectivity index (χ4n) is 3.63. The summed E-state index contributed by atoms with van der Waals surface area (Å²) in [4.78, 5) is 0. The normalized spacial score (nSPS) is 11.5. The minimum Gasteiger partial charge on any atom is -0.325 e. The van der Waals surface area contributed by atoms with Gasteiger partial charge in [0.1, 0.15) is 0 Å². The van der Waals surface area contributed by atoms with E-state index in [4.69, 9.17) is 0 Å². The molecule has 2 unspecified atom stereocenters. The first-order valence-electron chi connectivity index (χ1n) is 8.54. The van der Waals surface area contributed by atoms with Crippen molar-refractivity contribution in [1.82, 2.24) is 8.68 Å². The van der Waals surface area contributed by atoms with Crippen molar-refractivity contribution in [2.45, 2.75) is 0 Å². The Labute approximate surface area is 157 Å². The molecule has 2 nitrogen and oxygen atoms in total. The second-order valence-corrected chi connectivity index (χ2v) is 7.53. The summed E-state index contributed by atoms with van der Waals surface area (Å²) in [7, 11) is 5.68. The summed E-state index contributed by atoms with van der Waals surface area (Å²) in [6.07, 6.45) is 0. The minimum absolute atomic E-state index is 1.20. The van der Waals surface area contributed by atoms with Crippen molar-refractivity contribution in [3.8, 4) is 22.5 Å². The molecule has 0 bridgehead atoms. The summed E-state index contributed by atoms with van der Waals surface area (Å²) >= 11 is 0. The molecule has 0 aliphatic carbocycles. The number of aromatic nitrogens is 2. The molecule has 2 atom stereocenters. The Bertz CT molecular complexity index is 1170. The van der Waals surface area contributed by atoms with E-state index in [1.165, 1.54) is 44.3 Å². The molecule has 0 amide bonds. The highest BCUT2D eigenvalue weighted by Crippen LogP contribution is 2.35. The van der Waals surface area contributed by atoms with E-state index in [9.17, 15) is 0 Å². The molecule has 0 aliphatic rings. The Morgan fingerprint density at radius 3 is 1.42 bits per heavy atom. The molecular weight excluding hydrogens is 354 g/mol. The molecule has 5 aromatic rings. The van der Waals surface area contributed by atoms with E-state index in [0.717, 1.165) is 0 Å². The van der Waals surface area contributed by atoms with E-state index in [1.54, 1.807) is 0 Å². The first-order chi connectivity index (χ1) is 12.7. The van der Waals surface area contributed by atoms with E-state index in [0.29, 0.717) is 0 Å². The van der Waals surface area contributed by atoms with Crippen LogP contribution in [0, 0.1) is 0 Å². The molecule has 0 radical (unpaired) electrons. The highest BCUT2D eigenvalue weighted by atomic mass is 31.0. The number of nitrogens with zero attached hydrogens (tertiary/aromatic N) is 2. The van der Waals surface area contributed by atoms with Crippen LogP contribution >= 0.6 is 18.8 Å². The molecule has 0 aliphatic heterocycles. The van der Waals surface area contributed by atoms with Crippen LogP contribution < -0.4 is 0 Å². The topological polar surface area (TPSA) is 9.86 Å². The Balaban J connectivity index is 1.69. The van der Waals surface area contributed by atoms with Crippen molar-refractivity contribution in [1.29, 1.82) is 0 Å². The predicted molar refractivity (Wildman–Crippen MR) is 119 cm³/mol. The average molecular weight is 372 g/mol. The van der Waals surface area contributed by atoms with E-state index < -0.39 is 0 Å². The van der Waals surface area contributed by atoms with Gasteiger partial charge in [-0.15, -0.1) is 0 Å². The number of rotatable bonds is 2. The molecule has 3 aromatic carbocycles. The second-order valence-electron chi connectivity index (χ2n) is 6.50. The lowest BCUT2D eigenvalue weighted by atomic mass is 10.1. The van der Waals surface area contributed by atoms with Gasteiger partial charge in [0.2, 0.25) is 0 Å². The third-order valence-corrected chi connectivity index (χ3v) is 6.06. The van der Waals surface area contributed by atoms with Gasteiger partial charge in [-0.25, -0.2) is 0 Å². The quantitative estimate of drug-likeness (QED) is 0.326. The summed E-state index contributed by atoms with van der Waals surface area (Å²) in [6.45, 7) is 0.